The summed E-state index contributed by atoms with van der Waals surface area (Å²) in [6.07, 6.45) is 0. The van der Waals surface area contributed by atoms with Crippen LogP contribution in [0.5, 0.6) is 0 Å². The summed E-state index contributed by atoms with van der Waals surface area (Å²) in [5, 5.41) is 4.45. The molecule has 3 aromatic rings. The van der Waals surface area contributed by atoms with E-state index in [0.717, 1.165) is 6.07 Å². The standard InChI is InChI=1S/C22H19ClF2N4O2S2/c23-14-8-13-19-20(18(14)12-2-1-11(24)7-15(12)25)32-6-5-29(19)22(30)27-21(13)28-4-3-26-16-9-33(31)10-17(16)28/h1-2,7-8,16-17,26H,3-6,9-10H2/t16-,17?,33?/m1/s1. The Balaban J connectivity index is 1.61. The number of halogens is 3. The van der Waals surface area contributed by atoms with E-state index in [-0.39, 0.29) is 23.3 Å². The minimum Gasteiger partial charge on any atom is -0.616 e. The van der Waals surface area contributed by atoms with Gasteiger partial charge in [0.1, 0.15) is 29.0 Å². The molecule has 3 aliphatic heterocycles. The predicted octanol–water partition coefficient (Wildman–Crippen LogP) is 3.01. The van der Waals surface area contributed by atoms with E-state index in [2.05, 4.69) is 15.2 Å². The van der Waals surface area contributed by atoms with Crippen molar-refractivity contribution in [3.63, 3.8) is 0 Å². The Morgan fingerprint density at radius 3 is 2.91 bits per heavy atom. The van der Waals surface area contributed by atoms with Gasteiger partial charge in [-0.2, -0.15) is 4.98 Å². The molecule has 6 rings (SSSR count). The Morgan fingerprint density at radius 2 is 2.09 bits per heavy atom. The van der Waals surface area contributed by atoms with E-state index in [4.69, 9.17) is 11.6 Å². The fraction of sp³-hybridized carbons (Fsp3) is 0.364. The number of aromatic nitrogens is 2. The molecule has 33 heavy (non-hydrogen) atoms. The molecule has 4 heterocycles. The number of fused-ring (bicyclic) bond motifs is 1. The number of benzene rings is 2. The van der Waals surface area contributed by atoms with Crippen LogP contribution in [0.15, 0.2) is 34.0 Å². The van der Waals surface area contributed by atoms with Crippen LogP contribution in [0.1, 0.15) is 0 Å². The molecule has 172 valence electrons. The molecule has 2 aromatic carbocycles. The Bertz CT molecular complexity index is 1350. The molecule has 3 atom stereocenters. The molecular formula is C22H19ClF2N4O2S2. The zero-order valence-electron chi connectivity index (χ0n) is 17.3. The second-order valence-corrected chi connectivity index (χ2v) is 11.5. The highest BCUT2D eigenvalue weighted by Crippen LogP contribution is 2.46. The molecular weight excluding hydrogens is 490 g/mol. The number of nitrogens with one attached hydrogen (secondary N) is 1. The molecule has 3 aliphatic rings. The molecule has 2 fully saturated rings. The summed E-state index contributed by atoms with van der Waals surface area (Å²) in [4.78, 5) is 20.3. The van der Waals surface area contributed by atoms with Crippen LogP contribution in [0.3, 0.4) is 0 Å². The number of anilines is 1. The SMILES string of the molecule is O=c1nc(N2CCN[C@@H]3C[S+]([O-])CC32)c2cc(Cl)c(-c3ccc(F)cc3F)c3c2n1CCS3. The number of hydrogen-bond acceptors (Lipinski definition) is 6. The Morgan fingerprint density at radius 1 is 1.24 bits per heavy atom. The van der Waals surface area contributed by atoms with Crippen LogP contribution < -0.4 is 15.9 Å². The first-order chi connectivity index (χ1) is 15.9. The van der Waals surface area contributed by atoms with Gasteiger partial charge in [0.25, 0.3) is 0 Å². The van der Waals surface area contributed by atoms with Crippen molar-refractivity contribution >= 4 is 51.3 Å². The van der Waals surface area contributed by atoms with Crippen molar-refractivity contribution in [3.05, 3.63) is 51.4 Å². The number of thioether (sulfide) groups is 1. The second kappa shape index (κ2) is 8.13. The third kappa shape index (κ3) is 3.46. The van der Waals surface area contributed by atoms with Crippen LogP contribution in [0.4, 0.5) is 14.6 Å². The van der Waals surface area contributed by atoms with Gasteiger partial charge in [-0.15, -0.1) is 11.8 Å². The summed E-state index contributed by atoms with van der Waals surface area (Å²) >= 11 is 7.30. The second-order valence-electron chi connectivity index (χ2n) is 8.40. The smallest absolute Gasteiger partial charge is 0.350 e. The molecule has 2 unspecified atom stereocenters. The summed E-state index contributed by atoms with van der Waals surface area (Å²) in [5.74, 6) is 0.847. The van der Waals surface area contributed by atoms with Crippen LogP contribution in [0.25, 0.3) is 22.0 Å². The van der Waals surface area contributed by atoms with Crippen molar-refractivity contribution in [1.82, 2.24) is 14.9 Å². The Hall–Kier alpha value is -1.85. The van der Waals surface area contributed by atoms with Gasteiger partial charge in [-0.05, 0) is 29.4 Å². The summed E-state index contributed by atoms with van der Waals surface area (Å²) < 4.78 is 42.2. The van der Waals surface area contributed by atoms with Gasteiger partial charge in [0.05, 0.1) is 22.6 Å². The van der Waals surface area contributed by atoms with Gasteiger partial charge in [-0.3, -0.25) is 4.57 Å². The Labute approximate surface area is 200 Å². The maximum Gasteiger partial charge on any atom is 0.350 e. The molecule has 0 spiro atoms. The summed E-state index contributed by atoms with van der Waals surface area (Å²) in [7, 11) is 0. The molecule has 11 heteroatoms. The normalized spacial score (nSPS) is 24.4. The number of hydrogen-bond donors (Lipinski definition) is 1. The molecule has 0 saturated carbocycles. The van der Waals surface area contributed by atoms with Gasteiger partial charge >= 0.3 is 5.69 Å². The Kier molecular flexibility index (Phi) is 5.34. The maximum atomic E-state index is 14.8. The van der Waals surface area contributed by atoms with Crippen molar-refractivity contribution in [2.75, 3.05) is 35.2 Å². The van der Waals surface area contributed by atoms with E-state index in [1.54, 1.807) is 10.6 Å². The van der Waals surface area contributed by atoms with Gasteiger partial charge in [0.2, 0.25) is 0 Å². The van der Waals surface area contributed by atoms with Crippen LogP contribution >= 0.6 is 23.4 Å². The fourth-order valence-corrected chi connectivity index (χ4v) is 8.33. The molecule has 0 radical (unpaired) electrons. The lowest BCUT2D eigenvalue weighted by atomic mass is 10.0. The number of rotatable bonds is 2. The molecule has 0 bridgehead atoms. The first kappa shape index (κ1) is 21.7. The zero-order chi connectivity index (χ0) is 22.9. The first-order valence-corrected chi connectivity index (χ1v) is 13.5. The molecule has 6 nitrogen and oxygen atoms in total. The zero-order valence-corrected chi connectivity index (χ0v) is 19.7. The van der Waals surface area contributed by atoms with Gasteiger partial charge in [-0.25, -0.2) is 13.6 Å². The van der Waals surface area contributed by atoms with E-state index in [1.165, 1.54) is 23.9 Å². The minimum atomic E-state index is -0.931. The van der Waals surface area contributed by atoms with Crippen LogP contribution in [0.2, 0.25) is 5.02 Å². The van der Waals surface area contributed by atoms with Crippen molar-refractivity contribution in [2.45, 2.75) is 23.5 Å². The van der Waals surface area contributed by atoms with Gasteiger partial charge in [-0.1, -0.05) is 11.6 Å². The molecule has 1 N–H and O–H groups in total. The van der Waals surface area contributed by atoms with Crippen LogP contribution in [0, 0.1) is 11.6 Å². The minimum absolute atomic E-state index is 0.0300. The largest absolute Gasteiger partial charge is 0.616 e. The van der Waals surface area contributed by atoms with Gasteiger partial charge in [0, 0.05) is 52.9 Å². The van der Waals surface area contributed by atoms with E-state index >= 15 is 0 Å². The fourth-order valence-electron chi connectivity index (χ4n) is 5.10. The lowest BCUT2D eigenvalue weighted by Gasteiger charge is -2.37. The van der Waals surface area contributed by atoms with Crippen LogP contribution in [-0.2, 0) is 17.7 Å². The highest BCUT2D eigenvalue weighted by Gasteiger charge is 2.44. The number of nitrogens with zero attached hydrogens (tertiary/aromatic N) is 3. The van der Waals surface area contributed by atoms with E-state index < -0.39 is 22.8 Å². The van der Waals surface area contributed by atoms with Crippen molar-refractivity contribution in [3.8, 4) is 11.1 Å². The molecule has 0 aliphatic carbocycles. The summed E-state index contributed by atoms with van der Waals surface area (Å²) in [5.41, 5.74) is 0.940. The highest BCUT2D eigenvalue weighted by molar-refractivity contribution is 7.99. The van der Waals surface area contributed by atoms with Crippen molar-refractivity contribution < 1.29 is 13.3 Å². The first-order valence-electron chi connectivity index (χ1n) is 10.6. The molecule has 0 amide bonds. The lowest BCUT2D eigenvalue weighted by molar-refractivity contribution is 0.423. The van der Waals surface area contributed by atoms with E-state index in [9.17, 15) is 18.1 Å². The summed E-state index contributed by atoms with van der Waals surface area (Å²) in [6, 6.07) is 5.18. The summed E-state index contributed by atoms with van der Waals surface area (Å²) in [6.45, 7) is 1.79. The predicted molar refractivity (Wildman–Crippen MR) is 128 cm³/mol. The quantitative estimate of drug-likeness (QED) is 0.536. The maximum absolute atomic E-state index is 14.8. The average Bonchev–Trinajstić information content (AvgIpc) is 3.17. The highest BCUT2D eigenvalue weighted by atomic mass is 35.5. The van der Waals surface area contributed by atoms with Crippen LogP contribution in [-0.4, -0.2) is 56.5 Å². The lowest BCUT2D eigenvalue weighted by Crippen LogP contribution is -2.58. The monoisotopic (exact) mass is 508 g/mol. The number of piperazine rings is 1. The van der Waals surface area contributed by atoms with E-state index in [0.29, 0.717) is 69.1 Å². The van der Waals surface area contributed by atoms with Gasteiger partial charge < -0.3 is 14.8 Å². The van der Waals surface area contributed by atoms with Crippen molar-refractivity contribution in [1.29, 1.82) is 0 Å². The van der Waals surface area contributed by atoms with E-state index in [1.807, 2.05) is 0 Å². The average molecular weight is 509 g/mol. The molecule has 1 aromatic heterocycles. The number of aryl methyl sites for hydroxylation is 1. The topological polar surface area (TPSA) is 73.2 Å². The third-order valence-corrected chi connectivity index (χ3v) is 9.35. The van der Waals surface area contributed by atoms with Crippen molar-refractivity contribution in [2.24, 2.45) is 0 Å². The third-order valence-electron chi connectivity index (χ3n) is 6.53. The molecule has 2 saturated heterocycles. The van der Waals surface area contributed by atoms with Gasteiger partial charge in [0.15, 0.2) is 0 Å².